The van der Waals surface area contributed by atoms with Gasteiger partial charge in [-0.25, -0.2) is 4.79 Å². The van der Waals surface area contributed by atoms with Gasteiger partial charge in [0.15, 0.2) is 18.1 Å². The SMILES string of the molecule is COc1cc(C=Nc2cccc(C)c2C)cc(I)c1OCC(=O)O. The van der Waals surface area contributed by atoms with E-state index in [-0.39, 0.29) is 0 Å². The van der Waals surface area contributed by atoms with Crippen LogP contribution in [0.1, 0.15) is 16.7 Å². The summed E-state index contributed by atoms with van der Waals surface area (Å²) < 4.78 is 11.4. The van der Waals surface area contributed by atoms with Crippen molar-refractivity contribution >= 4 is 40.5 Å². The first-order valence-electron chi connectivity index (χ1n) is 7.24. The van der Waals surface area contributed by atoms with E-state index in [0.29, 0.717) is 11.5 Å². The van der Waals surface area contributed by atoms with E-state index in [1.165, 1.54) is 12.7 Å². The summed E-state index contributed by atoms with van der Waals surface area (Å²) in [6.07, 6.45) is 1.76. The van der Waals surface area contributed by atoms with Crippen LogP contribution in [0.15, 0.2) is 35.3 Å². The Morgan fingerprint density at radius 1 is 1.33 bits per heavy atom. The van der Waals surface area contributed by atoms with Gasteiger partial charge in [0, 0.05) is 6.21 Å². The molecule has 0 heterocycles. The lowest BCUT2D eigenvalue weighted by molar-refractivity contribution is -0.139. The number of aryl methyl sites for hydroxylation is 1. The summed E-state index contributed by atoms with van der Waals surface area (Å²) in [5.41, 5.74) is 4.08. The number of aliphatic carboxylic acids is 1. The van der Waals surface area contributed by atoms with E-state index >= 15 is 0 Å². The molecule has 1 N–H and O–H groups in total. The molecule has 6 heteroatoms. The van der Waals surface area contributed by atoms with Crippen molar-refractivity contribution in [1.29, 1.82) is 0 Å². The molecule has 2 aromatic carbocycles. The van der Waals surface area contributed by atoms with Gasteiger partial charge in [0.05, 0.1) is 16.4 Å². The molecule has 0 aliphatic carbocycles. The van der Waals surface area contributed by atoms with Gasteiger partial charge in [-0.15, -0.1) is 0 Å². The predicted octanol–water partition coefficient (Wildman–Crippen LogP) is 4.13. The van der Waals surface area contributed by atoms with Crippen LogP contribution in [0.4, 0.5) is 5.69 Å². The fraction of sp³-hybridized carbons (Fsp3) is 0.222. The zero-order valence-electron chi connectivity index (χ0n) is 13.7. The molecule has 0 radical (unpaired) electrons. The first-order valence-corrected chi connectivity index (χ1v) is 8.32. The molecule has 2 aromatic rings. The number of hydrogen-bond acceptors (Lipinski definition) is 4. The molecule has 0 amide bonds. The standard InChI is InChI=1S/C18H18INO4/c1-11-5-4-6-15(12(11)2)20-9-13-7-14(19)18(16(8-13)23-3)24-10-17(21)22/h4-9H,10H2,1-3H3,(H,21,22). The summed E-state index contributed by atoms with van der Waals surface area (Å²) in [4.78, 5) is 15.2. The van der Waals surface area contributed by atoms with Gasteiger partial charge < -0.3 is 14.6 Å². The third-order valence-electron chi connectivity index (χ3n) is 3.52. The third kappa shape index (κ3) is 4.47. The molecule has 5 nitrogen and oxygen atoms in total. The van der Waals surface area contributed by atoms with Crippen LogP contribution in [0.2, 0.25) is 0 Å². The molecule has 2 rings (SSSR count). The Balaban J connectivity index is 2.31. The van der Waals surface area contributed by atoms with E-state index < -0.39 is 12.6 Å². The van der Waals surface area contributed by atoms with Crippen LogP contribution >= 0.6 is 22.6 Å². The Bertz CT molecular complexity index is 787. The van der Waals surface area contributed by atoms with Crippen LogP contribution < -0.4 is 9.47 Å². The van der Waals surface area contributed by atoms with Gasteiger partial charge in [-0.2, -0.15) is 0 Å². The van der Waals surface area contributed by atoms with Gasteiger partial charge in [-0.1, -0.05) is 12.1 Å². The van der Waals surface area contributed by atoms with Crippen LogP contribution in [-0.4, -0.2) is 31.0 Å². The molecule has 0 aliphatic heterocycles. The molecule has 0 aliphatic rings. The highest BCUT2D eigenvalue weighted by atomic mass is 127. The number of nitrogens with zero attached hydrogens (tertiary/aromatic N) is 1. The second-order valence-electron chi connectivity index (χ2n) is 5.19. The first kappa shape index (κ1) is 18.3. The van der Waals surface area contributed by atoms with Gasteiger partial charge in [0.1, 0.15) is 0 Å². The lowest BCUT2D eigenvalue weighted by Crippen LogP contribution is -2.11. The molecule has 0 bridgehead atoms. The van der Waals surface area contributed by atoms with Crippen molar-refractivity contribution in [3.05, 3.63) is 50.6 Å². The minimum absolute atomic E-state index is 0.414. The summed E-state index contributed by atoms with van der Waals surface area (Å²) >= 11 is 2.09. The maximum absolute atomic E-state index is 10.7. The second-order valence-corrected chi connectivity index (χ2v) is 6.36. The normalized spacial score (nSPS) is 10.8. The van der Waals surface area contributed by atoms with Gasteiger partial charge in [-0.3, -0.25) is 4.99 Å². The fourth-order valence-corrected chi connectivity index (χ4v) is 2.89. The third-order valence-corrected chi connectivity index (χ3v) is 4.32. The van der Waals surface area contributed by atoms with Crippen molar-refractivity contribution in [3.63, 3.8) is 0 Å². The minimum atomic E-state index is -1.03. The Kier molecular flexibility index (Phi) is 6.19. The number of hydrogen-bond donors (Lipinski definition) is 1. The average Bonchev–Trinajstić information content (AvgIpc) is 2.54. The van der Waals surface area contributed by atoms with E-state index in [4.69, 9.17) is 14.6 Å². The predicted molar refractivity (Wildman–Crippen MR) is 102 cm³/mol. The summed E-state index contributed by atoms with van der Waals surface area (Å²) in [7, 11) is 1.52. The van der Waals surface area contributed by atoms with Crippen molar-refractivity contribution in [2.75, 3.05) is 13.7 Å². The van der Waals surface area contributed by atoms with Crippen LogP contribution in [0.25, 0.3) is 0 Å². The molecule has 24 heavy (non-hydrogen) atoms. The number of carboxylic acids is 1. The molecule has 0 saturated heterocycles. The van der Waals surface area contributed by atoms with Gasteiger partial charge in [0.25, 0.3) is 0 Å². The number of rotatable bonds is 6. The van der Waals surface area contributed by atoms with Crippen molar-refractivity contribution in [1.82, 2.24) is 0 Å². The molecule has 0 spiro atoms. The number of aliphatic imine (C=N–C) groups is 1. The number of carbonyl (C=O) groups is 1. The summed E-state index contributed by atoms with van der Waals surface area (Å²) in [6, 6.07) is 9.63. The monoisotopic (exact) mass is 439 g/mol. The molecule has 0 saturated carbocycles. The van der Waals surface area contributed by atoms with Gasteiger partial charge in [0.2, 0.25) is 0 Å². The quantitative estimate of drug-likeness (QED) is 0.543. The van der Waals surface area contributed by atoms with E-state index in [2.05, 4.69) is 40.6 Å². The number of methoxy groups -OCH3 is 1. The molecule has 0 aromatic heterocycles. The number of halogens is 1. The van der Waals surface area contributed by atoms with E-state index in [9.17, 15) is 4.79 Å². The van der Waals surface area contributed by atoms with Crippen molar-refractivity contribution in [2.45, 2.75) is 13.8 Å². The topological polar surface area (TPSA) is 68.1 Å². The van der Waals surface area contributed by atoms with Crippen LogP contribution in [0, 0.1) is 17.4 Å². The average molecular weight is 439 g/mol. The van der Waals surface area contributed by atoms with Crippen molar-refractivity contribution in [3.8, 4) is 11.5 Å². The smallest absolute Gasteiger partial charge is 0.341 e. The van der Waals surface area contributed by atoms with Crippen LogP contribution in [0.5, 0.6) is 11.5 Å². The first-order chi connectivity index (χ1) is 11.4. The van der Waals surface area contributed by atoms with Gasteiger partial charge >= 0.3 is 5.97 Å². The molecule has 0 unspecified atom stereocenters. The largest absolute Gasteiger partial charge is 0.493 e. The zero-order valence-corrected chi connectivity index (χ0v) is 15.8. The van der Waals surface area contributed by atoms with Crippen molar-refractivity contribution in [2.24, 2.45) is 4.99 Å². The van der Waals surface area contributed by atoms with E-state index in [0.717, 1.165) is 20.4 Å². The maximum Gasteiger partial charge on any atom is 0.341 e. The van der Waals surface area contributed by atoms with E-state index in [1.807, 2.05) is 25.1 Å². The van der Waals surface area contributed by atoms with E-state index in [1.54, 1.807) is 12.3 Å². The van der Waals surface area contributed by atoms with Gasteiger partial charge in [-0.05, 0) is 71.3 Å². The second kappa shape index (κ2) is 8.14. The Morgan fingerprint density at radius 2 is 2.08 bits per heavy atom. The molecule has 126 valence electrons. The Hall–Kier alpha value is -2.09. The fourth-order valence-electron chi connectivity index (χ4n) is 2.11. The molecular formula is C18H18INO4. The number of ether oxygens (including phenoxy) is 2. The minimum Gasteiger partial charge on any atom is -0.493 e. The Morgan fingerprint density at radius 3 is 2.75 bits per heavy atom. The zero-order chi connectivity index (χ0) is 17.7. The van der Waals surface area contributed by atoms with Crippen LogP contribution in [0.3, 0.4) is 0 Å². The lowest BCUT2D eigenvalue weighted by atomic mass is 10.1. The lowest BCUT2D eigenvalue weighted by Gasteiger charge is -2.12. The Labute approximate surface area is 154 Å². The molecule has 0 fully saturated rings. The van der Waals surface area contributed by atoms with Crippen molar-refractivity contribution < 1.29 is 19.4 Å². The van der Waals surface area contributed by atoms with Crippen LogP contribution in [-0.2, 0) is 4.79 Å². The highest BCUT2D eigenvalue weighted by Crippen LogP contribution is 2.33. The summed E-state index contributed by atoms with van der Waals surface area (Å²) in [5.74, 6) is -0.136. The number of benzene rings is 2. The summed E-state index contributed by atoms with van der Waals surface area (Å²) in [6.45, 7) is 3.67. The highest BCUT2D eigenvalue weighted by molar-refractivity contribution is 14.1. The maximum atomic E-state index is 10.7. The number of carboxylic acid groups (broad SMARTS) is 1. The summed E-state index contributed by atoms with van der Waals surface area (Å²) in [5, 5.41) is 8.75. The molecule has 0 atom stereocenters. The highest BCUT2D eigenvalue weighted by Gasteiger charge is 2.12. The molecular weight excluding hydrogens is 421 g/mol.